The van der Waals surface area contributed by atoms with Crippen molar-refractivity contribution >= 4 is 50.5 Å². The number of esters is 1. The van der Waals surface area contributed by atoms with Gasteiger partial charge in [0, 0.05) is 30.2 Å². The molecule has 5 aromatic carbocycles. The number of nitrogens with one attached hydrogen (secondary N) is 1. The van der Waals surface area contributed by atoms with E-state index >= 15 is 0 Å². The first-order chi connectivity index (χ1) is 21.5. The van der Waals surface area contributed by atoms with E-state index in [1.54, 1.807) is 24.3 Å². The van der Waals surface area contributed by atoms with Gasteiger partial charge in [-0.05, 0) is 64.4 Å². The molecular weight excluding hydrogens is 546 g/mol. The van der Waals surface area contributed by atoms with Gasteiger partial charge >= 0.3 is 5.97 Å². The van der Waals surface area contributed by atoms with E-state index in [4.69, 9.17) is 9.85 Å². The van der Waals surface area contributed by atoms with Crippen LogP contribution in [0, 0.1) is 0 Å². The molecule has 6 nitrogen and oxygen atoms in total. The van der Waals surface area contributed by atoms with Crippen molar-refractivity contribution in [3.63, 3.8) is 0 Å². The maximum Gasteiger partial charge on any atom is 0.311 e. The SMILES string of the molecule is CCCCCCCCCC(=O)Oc1ccc(N=Nc2ccc3ccccc3c2-c2c(NC(C)=O)ccc3ccccc23)cc1. The van der Waals surface area contributed by atoms with Crippen LogP contribution in [-0.4, -0.2) is 11.9 Å². The fourth-order valence-electron chi connectivity index (χ4n) is 5.54. The molecule has 0 aliphatic rings. The Morgan fingerprint density at radius 1 is 0.659 bits per heavy atom. The maximum atomic E-state index is 12.3. The first kappa shape index (κ1) is 30.6. The van der Waals surface area contributed by atoms with Crippen LogP contribution in [0.5, 0.6) is 5.75 Å². The van der Waals surface area contributed by atoms with Gasteiger partial charge in [-0.3, -0.25) is 9.59 Å². The number of hydrogen-bond acceptors (Lipinski definition) is 5. The largest absolute Gasteiger partial charge is 0.427 e. The molecule has 0 aromatic heterocycles. The second-order valence-corrected chi connectivity index (χ2v) is 11.1. The monoisotopic (exact) mass is 585 g/mol. The van der Waals surface area contributed by atoms with Crippen LogP contribution in [0.15, 0.2) is 107 Å². The fraction of sp³-hybridized carbons (Fsp3) is 0.263. The second-order valence-electron chi connectivity index (χ2n) is 11.1. The highest BCUT2D eigenvalue weighted by molar-refractivity contribution is 6.14. The Kier molecular flexibility index (Phi) is 10.5. The highest BCUT2D eigenvalue weighted by atomic mass is 16.5. The number of benzene rings is 5. The lowest BCUT2D eigenvalue weighted by Crippen LogP contribution is -2.07. The minimum Gasteiger partial charge on any atom is -0.427 e. The summed E-state index contributed by atoms with van der Waals surface area (Å²) in [4.78, 5) is 24.5. The van der Waals surface area contributed by atoms with Crippen LogP contribution >= 0.6 is 0 Å². The van der Waals surface area contributed by atoms with Gasteiger partial charge in [0.1, 0.15) is 5.75 Å². The molecule has 0 aliphatic carbocycles. The summed E-state index contributed by atoms with van der Waals surface area (Å²) in [5.74, 6) is 0.144. The minimum atomic E-state index is -0.209. The number of carbonyl (C=O) groups excluding carboxylic acids is 2. The van der Waals surface area contributed by atoms with Crippen LogP contribution in [0.2, 0.25) is 0 Å². The zero-order chi connectivity index (χ0) is 30.7. The lowest BCUT2D eigenvalue weighted by Gasteiger charge is -2.17. The zero-order valence-corrected chi connectivity index (χ0v) is 25.5. The molecule has 0 spiro atoms. The Labute approximate surface area is 259 Å². The molecule has 1 N–H and O–H groups in total. The van der Waals surface area contributed by atoms with Crippen molar-refractivity contribution in [1.82, 2.24) is 0 Å². The highest BCUT2D eigenvalue weighted by Crippen LogP contribution is 2.45. The van der Waals surface area contributed by atoms with Crippen LogP contribution in [0.1, 0.15) is 65.2 Å². The van der Waals surface area contributed by atoms with E-state index in [1.165, 1.54) is 39.0 Å². The van der Waals surface area contributed by atoms with Crippen LogP contribution in [0.4, 0.5) is 17.1 Å². The normalized spacial score (nSPS) is 11.3. The third kappa shape index (κ3) is 7.75. The first-order valence-corrected chi connectivity index (χ1v) is 15.6. The Bertz CT molecular complexity index is 1780. The summed E-state index contributed by atoms with van der Waals surface area (Å²) in [7, 11) is 0. The van der Waals surface area contributed by atoms with E-state index in [0.29, 0.717) is 29.2 Å². The molecule has 0 saturated heterocycles. The molecule has 44 heavy (non-hydrogen) atoms. The summed E-state index contributed by atoms with van der Waals surface area (Å²) < 4.78 is 5.54. The van der Waals surface area contributed by atoms with Crippen molar-refractivity contribution in [1.29, 1.82) is 0 Å². The standard InChI is InChI=1S/C38H39N3O3/c1-3-4-5-6-7-8-9-18-36(43)44-31-23-21-30(22-24-31)40-41-35-26-20-29-15-11-13-17-33(29)38(35)37-32-16-12-10-14-28(32)19-25-34(37)39-27(2)42/h10-17,19-26H,3-9,18H2,1-2H3,(H,39,42). The summed E-state index contributed by atoms with van der Waals surface area (Å²) in [5.41, 5.74) is 3.81. The number of amides is 1. The lowest BCUT2D eigenvalue weighted by atomic mass is 9.91. The van der Waals surface area contributed by atoms with E-state index in [1.807, 2.05) is 48.5 Å². The van der Waals surface area contributed by atoms with Gasteiger partial charge in [0.2, 0.25) is 5.91 Å². The highest BCUT2D eigenvalue weighted by Gasteiger charge is 2.18. The van der Waals surface area contributed by atoms with E-state index in [9.17, 15) is 9.59 Å². The van der Waals surface area contributed by atoms with E-state index in [-0.39, 0.29) is 11.9 Å². The molecule has 0 heterocycles. The van der Waals surface area contributed by atoms with Gasteiger partial charge in [-0.2, -0.15) is 5.11 Å². The summed E-state index contributed by atoms with van der Waals surface area (Å²) in [6, 6.07) is 31.3. The van der Waals surface area contributed by atoms with E-state index in [2.05, 4.69) is 41.6 Å². The minimum absolute atomic E-state index is 0.145. The number of fused-ring (bicyclic) bond motifs is 2. The topological polar surface area (TPSA) is 80.1 Å². The molecule has 0 unspecified atom stereocenters. The summed E-state index contributed by atoms with van der Waals surface area (Å²) in [6.07, 6.45) is 8.53. The molecule has 5 rings (SSSR count). The lowest BCUT2D eigenvalue weighted by molar-refractivity contribution is -0.134. The average molecular weight is 586 g/mol. The van der Waals surface area contributed by atoms with Crippen molar-refractivity contribution in [2.45, 2.75) is 65.2 Å². The number of azo groups is 1. The van der Waals surface area contributed by atoms with Crippen molar-refractivity contribution < 1.29 is 14.3 Å². The number of rotatable bonds is 13. The maximum absolute atomic E-state index is 12.3. The van der Waals surface area contributed by atoms with Gasteiger partial charge in [0.05, 0.1) is 11.4 Å². The third-order valence-electron chi connectivity index (χ3n) is 7.72. The summed E-state index contributed by atoms with van der Waals surface area (Å²) in [5, 5.41) is 16.4. The van der Waals surface area contributed by atoms with Gasteiger partial charge in [-0.1, -0.05) is 106 Å². The van der Waals surface area contributed by atoms with Gasteiger partial charge < -0.3 is 10.1 Å². The van der Waals surface area contributed by atoms with Crippen molar-refractivity contribution in [2.75, 3.05) is 5.32 Å². The van der Waals surface area contributed by atoms with E-state index < -0.39 is 0 Å². The molecule has 0 atom stereocenters. The number of unbranched alkanes of at least 4 members (excludes halogenated alkanes) is 6. The molecular formula is C38H39N3O3. The Morgan fingerprint density at radius 3 is 1.95 bits per heavy atom. The van der Waals surface area contributed by atoms with Crippen molar-refractivity contribution in [2.24, 2.45) is 10.2 Å². The van der Waals surface area contributed by atoms with Crippen LogP contribution in [-0.2, 0) is 9.59 Å². The van der Waals surface area contributed by atoms with Crippen LogP contribution < -0.4 is 10.1 Å². The summed E-state index contributed by atoms with van der Waals surface area (Å²) >= 11 is 0. The molecule has 0 radical (unpaired) electrons. The number of ether oxygens (including phenoxy) is 1. The number of hydrogen-bond donors (Lipinski definition) is 1. The van der Waals surface area contributed by atoms with Gasteiger partial charge in [0.25, 0.3) is 0 Å². The van der Waals surface area contributed by atoms with Crippen LogP contribution in [0.25, 0.3) is 32.7 Å². The molecule has 6 heteroatoms. The number of anilines is 1. The van der Waals surface area contributed by atoms with Gasteiger partial charge in [-0.15, -0.1) is 5.11 Å². The predicted octanol–water partition coefficient (Wildman–Crippen LogP) is 11.1. The number of carbonyl (C=O) groups is 2. The molecule has 0 fully saturated rings. The van der Waals surface area contributed by atoms with Crippen LogP contribution in [0.3, 0.4) is 0 Å². The average Bonchev–Trinajstić information content (AvgIpc) is 3.03. The predicted molar refractivity (Wildman–Crippen MR) is 180 cm³/mol. The quantitative estimate of drug-likeness (QED) is 0.0646. The molecule has 224 valence electrons. The Morgan fingerprint density at radius 2 is 1.27 bits per heavy atom. The fourth-order valence-corrected chi connectivity index (χ4v) is 5.54. The Hall–Kier alpha value is -4.84. The van der Waals surface area contributed by atoms with E-state index in [0.717, 1.165) is 45.5 Å². The number of nitrogens with zero attached hydrogens (tertiary/aromatic N) is 2. The molecule has 0 bridgehead atoms. The molecule has 5 aromatic rings. The smallest absolute Gasteiger partial charge is 0.311 e. The van der Waals surface area contributed by atoms with Gasteiger partial charge in [-0.25, -0.2) is 0 Å². The second kappa shape index (κ2) is 15.1. The first-order valence-electron chi connectivity index (χ1n) is 15.6. The van der Waals surface area contributed by atoms with Crippen molar-refractivity contribution in [3.05, 3.63) is 97.1 Å². The van der Waals surface area contributed by atoms with Gasteiger partial charge in [0.15, 0.2) is 0 Å². The van der Waals surface area contributed by atoms with Crippen molar-refractivity contribution in [3.8, 4) is 16.9 Å². The molecule has 0 saturated carbocycles. The molecule has 1 amide bonds. The zero-order valence-electron chi connectivity index (χ0n) is 25.5. The summed E-state index contributed by atoms with van der Waals surface area (Å²) in [6.45, 7) is 3.73. The third-order valence-corrected chi connectivity index (χ3v) is 7.72. The Balaban J connectivity index is 1.39. The molecule has 0 aliphatic heterocycles.